The van der Waals surface area contributed by atoms with Crippen LogP contribution >= 0.6 is 31.9 Å². The molecule has 0 aliphatic heterocycles. The minimum atomic E-state index is 0.512. The predicted octanol–water partition coefficient (Wildman–Crippen LogP) is 4.14. The lowest BCUT2D eigenvalue weighted by Crippen LogP contribution is -2.01. The Morgan fingerprint density at radius 1 is 1.10 bits per heavy atom. The molecule has 2 aromatic heterocycles. The number of hydrogen-bond acceptors (Lipinski definition) is 3. The molecule has 3 rings (SSSR count). The molecule has 6 heteroatoms. The first-order valence-corrected chi connectivity index (χ1v) is 7.63. The van der Waals surface area contributed by atoms with Crippen LogP contribution < -0.4 is 5.73 Å². The van der Waals surface area contributed by atoms with Crippen LogP contribution in [-0.2, 0) is 0 Å². The second-order valence-corrected chi connectivity index (χ2v) is 6.28. The number of aromatic nitrogens is 3. The smallest absolute Gasteiger partial charge is 0.150 e. The predicted molar refractivity (Wildman–Crippen MR) is 88.2 cm³/mol. The van der Waals surface area contributed by atoms with E-state index < -0.39 is 0 Å². The van der Waals surface area contributed by atoms with E-state index in [0.717, 1.165) is 36.9 Å². The van der Waals surface area contributed by atoms with Crippen molar-refractivity contribution in [2.24, 2.45) is 0 Å². The van der Waals surface area contributed by atoms with Crippen molar-refractivity contribution in [3.63, 3.8) is 0 Å². The Labute approximate surface area is 133 Å². The average molecular weight is 396 g/mol. The largest absolute Gasteiger partial charge is 0.383 e. The Bertz CT molecular complexity index is 803. The van der Waals surface area contributed by atoms with Gasteiger partial charge in [-0.2, -0.15) is 0 Å². The molecule has 0 saturated heterocycles. The number of anilines is 1. The van der Waals surface area contributed by atoms with Crippen LogP contribution in [0.1, 0.15) is 11.3 Å². The van der Waals surface area contributed by atoms with E-state index in [1.807, 2.05) is 25.1 Å². The number of rotatable bonds is 1. The van der Waals surface area contributed by atoms with E-state index in [2.05, 4.69) is 53.3 Å². The van der Waals surface area contributed by atoms with Crippen molar-refractivity contribution in [3.05, 3.63) is 44.7 Å². The molecule has 0 radical (unpaired) electrons. The fourth-order valence-electron chi connectivity index (χ4n) is 2.40. The van der Waals surface area contributed by atoms with Crippen LogP contribution in [0.3, 0.4) is 0 Å². The van der Waals surface area contributed by atoms with Gasteiger partial charge in [-0.1, -0.05) is 6.07 Å². The minimum Gasteiger partial charge on any atom is -0.383 e. The number of aryl methyl sites for hydroxylation is 1. The van der Waals surface area contributed by atoms with Crippen molar-refractivity contribution < 1.29 is 0 Å². The molecule has 2 heterocycles. The zero-order valence-corrected chi connectivity index (χ0v) is 14.2. The van der Waals surface area contributed by atoms with E-state index in [-0.39, 0.29) is 0 Å². The number of fused-ring (bicyclic) bond motifs is 1. The lowest BCUT2D eigenvalue weighted by atomic mass is 10.2. The summed E-state index contributed by atoms with van der Waals surface area (Å²) in [5.41, 5.74) is 10.0. The van der Waals surface area contributed by atoms with Gasteiger partial charge < -0.3 is 5.73 Å². The first kappa shape index (κ1) is 13.6. The summed E-state index contributed by atoms with van der Waals surface area (Å²) in [7, 11) is 0. The summed E-state index contributed by atoms with van der Waals surface area (Å²) in [6.07, 6.45) is 1.50. The van der Waals surface area contributed by atoms with Gasteiger partial charge in [0.1, 0.15) is 12.1 Å². The van der Waals surface area contributed by atoms with E-state index in [9.17, 15) is 0 Å². The van der Waals surface area contributed by atoms with Crippen molar-refractivity contribution in [2.75, 3.05) is 5.73 Å². The molecular formula is C14H12Br2N4. The fourth-order valence-corrected chi connectivity index (χ4v) is 3.76. The standard InChI is InChI=1S/C14H12Br2N4/c1-7-8(2)20(12-9(15)4-3-5-10(12)16)14-11(7)13(17)18-6-19-14/h3-6H,1-2H3,(H2,17,18,19). The number of nitrogens with two attached hydrogens (primary N) is 1. The molecule has 0 fully saturated rings. The molecule has 0 aliphatic carbocycles. The number of benzene rings is 1. The zero-order chi connectivity index (χ0) is 14.4. The SMILES string of the molecule is Cc1c(C)n(-c2c(Br)cccc2Br)c2ncnc(N)c12. The van der Waals surface area contributed by atoms with Crippen molar-refractivity contribution in [3.8, 4) is 5.69 Å². The Balaban J connectivity index is 2.50. The first-order valence-electron chi connectivity index (χ1n) is 6.05. The average Bonchev–Trinajstić information content (AvgIpc) is 2.65. The Morgan fingerprint density at radius 2 is 1.75 bits per heavy atom. The van der Waals surface area contributed by atoms with Gasteiger partial charge >= 0.3 is 0 Å². The molecule has 3 aromatic rings. The van der Waals surface area contributed by atoms with Crippen LogP contribution in [-0.4, -0.2) is 14.5 Å². The maximum Gasteiger partial charge on any atom is 0.150 e. The van der Waals surface area contributed by atoms with Gasteiger partial charge in [-0.25, -0.2) is 9.97 Å². The van der Waals surface area contributed by atoms with Gasteiger partial charge in [-0.3, -0.25) is 4.57 Å². The van der Waals surface area contributed by atoms with Gasteiger partial charge in [0.25, 0.3) is 0 Å². The van der Waals surface area contributed by atoms with Crippen LogP contribution in [0.5, 0.6) is 0 Å². The molecule has 0 spiro atoms. The first-order chi connectivity index (χ1) is 9.52. The number of nitrogen functional groups attached to an aromatic ring is 1. The monoisotopic (exact) mass is 394 g/mol. The van der Waals surface area contributed by atoms with Gasteiger partial charge in [0.15, 0.2) is 5.65 Å². The van der Waals surface area contributed by atoms with Gasteiger partial charge in [0, 0.05) is 14.6 Å². The van der Waals surface area contributed by atoms with Crippen molar-refractivity contribution in [1.82, 2.24) is 14.5 Å². The third kappa shape index (κ3) is 1.86. The molecule has 0 bridgehead atoms. The summed E-state index contributed by atoms with van der Waals surface area (Å²) in [5, 5.41) is 0.910. The number of para-hydroxylation sites is 1. The third-order valence-corrected chi connectivity index (χ3v) is 4.76. The topological polar surface area (TPSA) is 56.7 Å². The third-order valence-electron chi connectivity index (χ3n) is 3.48. The maximum atomic E-state index is 6.01. The molecule has 0 aliphatic rings. The Kier molecular flexibility index (Phi) is 3.30. The van der Waals surface area contributed by atoms with Crippen LogP contribution in [0.25, 0.3) is 16.7 Å². The highest BCUT2D eigenvalue weighted by atomic mass is 79.9. The van der Waals surface area contributed by atoms with Gasteiger partial charge in [-0.05, 0) is 63.4 Å². The van der Waals surface area contributed by atoms with Gasteiger partial charge in [-0.15, -0.1) is 0 Å². The van der Waals surface area contributed by atoms with Crippen molar-refractivity contribution >= 4 is 48.7 Å². The van der Waals surface area contributed by atoms with E-state index in [1.54, 1.807) is 0 Å². The number of nitrogens with zero attached hydrogens (tertiary/aromatic N) is 3. The Morgan fingerprint density at radius 3 is 2.40 bits per heavy atom. The van der Waals surface area contributed by atoms with Gasteiger partial charge in [0.05, 0.1) is 11.1 Å². The molecule has 0 saturated carbocycles. The van der Waals surface area contributed by atoms with Crippen molar-refractivity contribution in [2.45, 2.75) is 13.8 Å². The second-order valence-electron chi connectivity index (χ2n) is 4.57. The lowest BCUT2D eigenvalue weighted by molar-refractivity contribution is 1.00. The molecule has 0 unspecified atom stereocenters. The van der Waals surface area contributed by atoms with Gasteiger partial charge in [0.2, 0.25) is 0 Å². The van der Waals surface area contributed by atoms with Crippen LogP contribution in [0, 0.1) is 13.8 Å². The number of hydrogen-bond donors (Lipinski definition) is 1. The summed E-state index contributed by atoms with van der Waals surface area (Å²) in [5.74, 6) is 0.512. The van der Waals surface area contributed by atoms with E-state index in [0.29, 0.717) is 5.82 Å². The van der Waals surface area contributed by atoms with Crippen LogP contribution in [0.2, 0.25) is 0 Å². The summed E-state index contributed by atoms with van der Waals surface area (Å²) < 4.78 is 4.07. The summed E-state index contributed by atoms with van der Waals surface area (Å²) in [6, 6.07) is 5.99. The molecule has 102 valence electrons. The minimum absolute atomic E-state index is 0.512. The highest BCUT2D eigenvalue weighted by molar-refractivity contribution is 9.11. The lowest BCUT2D eigenvalue weighted by Gasteiger charge is -2.12. The highest BCUT2D eigenvalue weighted by Crippen LogP contribution is 2.36. The zero-order valence-electron chi connectivity index (χ0n) is 11.0. The molecular weight excluding hydrogens is 384 g/mol. The highest BCUT2D eigenvalue weighted by Gasteiger charge is 2.19. The molecule has 4 nitrogen and oxygen atoms in total. The van der Waals surface area contributed by atoms with E-state index >= 15 is 0 Å². The van der Waals surface area contributed by atoms with E-state index in [4.69, 9.17) is 5.73 Å². The second kappa shape index (κ2) is 4.86. The molecule has 0 amide bonds. The summed E-state index contributed by atoms with van der Waals surface area (Å²) in [6.45, 7) is 4.10. The maximum absolute atomic E-state index is 6.01. The molecule has 0 atom stereocenters. The molecule has 20 heavy (non-hydrogen) atoms. The van der Waals surface area contributed by atoms with Crippen LogP contribution in [0.4, 0.5) is 5.82 Å². The summed E-state index contributed by atoms with van der Waals surface area (Å²) in [4.78, 5) is 8.50. The van der Waals surface area contributed by atoms with E-state index in [1.165, 1.54) is 6.33 Å². The summed E-state index contributed by atoms with van der Waals surface area (Å²) >= 11 is 7.21. The van der Waals surface area contributed by atoms with Crippen molar-refractivity contribution in [1.29, 1.82) is 0 Å². The van der Waals surface area contributed by atoms with Crippen LogP contribution in [0.15, 0.2) is 33.5 Å². The molecule has 1 aromatic carbocycles. The quantitative estimate of drug-likeness (QED) is 0.673. The fraction of sp³-hybridized carbons (Fsp3) is 0.143. The Hall–Kier alpha value is -1.40. The molecule has 2 N–H and O–H groups in total. The normalized spacial score (nSPS) is 11.2. The number of halogens is 2.